The van der Waals surface area contributed by atoms with Crippen molar-refractivity contribution in [2.45, 2.75) is 32.5 Å². The maximum absolute atomic E-state index is 12.9. The summed E-state index contributed by atoms with van der Waals surface area (Å²) in [5.41, 5.74) is 2.41. The van der Waals surface area contributed by atoms with E-state index in [1.807, 2.05) is 54.6 Å². The predicted molar refractivity (Wildman–Crippen MR) is 137 cm³/mol. The van der Waals surface area contributed by atoms with Crippen molar-refractivity contribution in [1.82, 2.24) is 14.9 Å². The third-order valence-corrected chi connectivity index (χ3v) is 5.79. The zero-order valence-electron chi connectivity index (χ0n) is 20.4. The van der Waals surface area contributed by atoms with Crippen molar-refractivity contribution in [3.63, 3.8) is 0 Å². The lowest BCUT2D eigenvalue weighted by Gasteiger charge is -2.11. The van der Waals surface area contributed by atoms with E-state index in [2.05, 4.69) is 10.3 Å². The molecular formula is C28H29N3O5. The van der Waals surface area contributed by atoms with Crippen molar-refractivity contribution in [3.8, 4) is 17.2 Å². The van der Waals surface area contributed by atoms with E-state index < -0.39 is 0 Å². The number of fused-ring (bicyclic) bond motifs is 1. The number of amides is 1. The molecule has 8 heteroatoms. The third kappa shape index (κ3) is 6.21. The minimum Gasteiger partial charge on any atom is -0.493 e. The fraction of sp³-hybridized carbons (Fsp3) is 0.250. The van der Waals surface area contributed by atoms with Crippen LogP contribution in [0.5, 0.6) is 17.2 Å². The Morgan fingerprint density at radius 3 is 2.36 bits per heavy atom. The minimum absolute atomic E-state index is 0.0697. The van der Waals surface area contributed by atoms with Gasteiger partial charge in [0.05, 0.1) is 31.4 Å². The fourth-order valence-electron chi connectivity index (χ4n) is 3.78. The predicted octanol–water partition coefficient (Wildman–Crippen LogP) is 4.09. The lowest BCUT2D eigenvalue weighted by Crippen LogP contribution is -2.24. The number of carbonyl (C=O) groups is 1. The molecule has 0 atom stereocenters. The molecule has 0 aliphatic rings. The lowest BCUT2D eigenvalue weighted by atomic mass is 10.1. The van der Waals surface area contributed by atoms with Crippen LogP contribution in [0.15, 0.2) is 77.9 Å². The van der Waals surface area contributed by atoms with Crippen molar-refractivity contribution < 1.29 is 19.0 Å². The molecule has 1 aromatic heterocycles. The highest BCUT2D eigenvalue weighted by molar-refractivity contribution is 5.81. The first-order valence-corrected chi connectivity index (χ1v) is 11.7. The van der Waals surface area contributed by atoms with Gasteiger partial charge in [-0.15, -0.1) is 0 Å². The van der Waals surface area contributed by atoms with Gasteiger partial charge in [0.1, 0.15) is 12.4 Å². The second-order valence-electron chi connectivity index (χ2n) is 8.27. The first-order valence-electron chi connectivity index (χ1n) is 11.7. The maximum Gasteiger partial charge on any atom is 0.261 e. The van der Waals surface area contributed by atoms with Crippen LogP contribution in [-0.2, 0) is 24.5 Å². The summed E-state index contributed by atoms with van der Waals surface area (Å²) < 4.78 is 17.8. The van der Waals surface area contributed by atoms with Crippen LogP contribution in [0.4, 0.5) is 0 Å². The molecular weight excluding hydrogens is 458 g/mol. The number of rotatable bonds is 11. The van der Waals surface area contributed by atoms with Crippen LogP contribution in [0, 0.1) is 0 Å². The highest BCUT2D eigenvalue weighted by atomic mass is 16.5. The van der Waals surface area contributed by atoms with Crippen molar-refractivity contribution in [2.24, 2.45) is 0 Å². The molecule has 0 saturated heterocycles. The molecule has 8 nitrogen and oxygen atoms in total. The number of carbonyl (C=O) groups excluding carboxylic acids is 1. The van der Waals surface area contributed by atoms with Gasteiger partial charge >= 0.3 is 0 Å². The second-order valence-corrected chi connectivity index (χ2v) is 8.27. The standard InChI is InChI=1S/C28H29N3O5/c1-34-25-15-23-24(16-26(25)35-2)30-19-31(28(23)33)14-6-9-27(32)29-17-20-10-12-21(13-11-20)18-36-22-7-4-3-5-8-22/h3-5,7-8,10-13,15-16,19H,6,9,14,17-18H2,1-2H3,(H,29,32). The third-order valence-electron chi connectivity index (χ3n) is 5.79. The highest BCUT2D eigenvalue weighted by Crippen LogP contribution is 2.29. The van der Waals surface area contributed by atoms with Gasteiger partial charge in [-0.05, 0) is 35.7 Å². The number of para-hydroxylation sites is 1. The molecule has 0 fully saturated rings. The van der Waals surface area contributed by atoms with Crippen molar-refractivity contribution in [1.29, 1.82) is 0 Å². The Bertz CT molecular complexity index is 1370. The molecule has 36 heavy (non-hydrogen) atoms. The van der Waals surface area contributed by atoms with Crippen LogP contribution in [0.3, 0.4) is 0 Å². The van der Waals surface area contributed by atoms with E-state index >= 15 is 0 Å². The van der Waals surface area contributed by atoms with Gasteiger partial charge in [-0.25, -0.2) is 4.98 Å². The molecule has 0 saturated carbocycles. The van der Waals surface area contributed by atoms with Gasteiger partial charge in [-0.3, -0.25) is 14.2 Å². The van der Waals surface area contributed by atoms with Crippen LogP contribution in [0.25, 0.3) is 10.9 Å². The van der Waals surface area contributed by atoms with Crippen LogP contribution < -0.4 is 25.1 Å². The number of aromatic nitrogens is 2. The lowest BCUT2D eigenvalue weighted by molar-refractivity contribution is -0.121. The van der Waals surface area contributed by atoms with E-state index in [0.29, 0.717) is 54.9 Å². The summed E-state index contributed by atoms with van der Waals surface area (Å²) in [5, 5.41) is 3.37. The molecule has 0 spiro atoms. The second kappa shape index (κ2) is 11.9. The zero-order chi connectivity index (χ0) is 25.3. The average Bonchev–Trinajstić information content (AvgIpc) is 2.92. The summed E-state index contributed by atoms with van der Waals surface area (Å²) in [6.07, 6.45) is 2.32. The Balaban J connectivity index is 1.24. The van der Waals surface area contributed by atoms with E-state index in [1.165, 1.54) is 25.1 Å². The summed E-state index contributed by atoms with van der Waals surface area (Å²) >= 11 is 0. The largest absolute Gasteiger partial charge is 0.493 e. The summed E-state index contributed by atoms with van der Waals surface area (Å²) in [6, 6.07) is 20.9. The molecule has 0 aliphatic heterocycles. The molecule has 0 aliphatic carbocycles. The fourth-order valence-corrected chi connectivity index (χ4v) is 3.78. The monoisotopic (exact) mass is 487 g/mol. The smallest absolute Gasteiger partial charge is 0.261 e. The summed E-state index contributed by atoms with van der Waals surface area (Å²) in [7, 11) is 3.05. The molecule has 186 valence electrons. The molecule has 0 radical (unpaired) electrons. The van der Waals surface area contributed by atoms with Gasteiger partial charge < -0.3 is 19.5 Å². The van der Waals surface area contributed by atoms with Crippen molar-refractivity contribution in [3.05, 3.63) is 94.5 Å². The number of hydrogen-bond donors (Lipinski definition) is 1. The van der Waals surface area contributed by atoms with E-state index in [-0.39, 0.29) is 11.5 Å². The van der Waals surface area contributed by atoms with E-state index in [0.717, 1.165) is 16.9 Å². The molecule has 1 N–H and O–H groups in total. The van der Waals surface area contributed by atoms with Crippen molar-refractivity contribution in [2.75, 3.05) is 14.2 Å². The van der Waals surface area contributed by atoms with E-state index in [4.69, 9.17) is 14.2 Å². The Hall–Kier alpha value is -4.33. The number of benzene rings is 3. The average molecular weight is 488 g/mol. The van der Waals surface area contributed by atoms with Gasteiger partial charge in [-0.1, -0.05) is 42.5 Å². The van der Waals surface area contributed by atoms with Gasteiger partial charge in [0.2, 0.25) is 5.91 Å². The quantitative estimate of drug-likeness (QED) is 0.343. The molecule has 4 rings (SSSR count). The van der Waals surface area contributed by atoms with Crippen LogP contribution in [0.2, 0.25) is 0 Å². The van der Waals surface area contributed by atoms with E-state index in [9.17, 15) is 9.59 Å². The first-order chi connectivity index (χ1) is 17.6. The Kier molecular flexibility index (Phi) is 8.18. The molecule has 0 bridgehead atoms. The molecule has 3 aromatic carbocycles. The first kappa shape index (κ1) is 24.8. The summed E-state index contributed by atoms with van der Waals surface area (Å²) in [6.45, 7) is 1.32. The van der Waals surface area contributed by atoms with Crippen molar-refractivity contribution >= 4 is 16.8 Å². The number of methoxy groups -OCH3 is 2. The number of ether oxygens (including phenoxy) is 3. The molecule has 0 unspecified atom stereocenters. The Morgan fingerprint density at radius 2 is 1.64 bits per heavy atom. The minimum atomic E-state index is -0.183. The van der Waals surface area contributed by atoms with Crippen LogP contribution >= 0.6 is 0 Å². The zero-order valence-corrected chi connectivity index (χ0v) is 20.4. The number of nitrogens with zero attached hydrogens (tertiary/aromatic N) is 2. The highest BCUT2D eigenvalue weighted by Gasteiger charge is 2.11. The number of hydrogen-bond acceptors (Lipinski definition) is 6. The Labute approximate surface area is 209 Å². The van der Waals surface area contributed by atoms with Gasteiger partial charge in [-0.2, -0.15) is 0 Å². The van der Waals surface area contributed by atoms with E-state index in [1.54, 1.807) is 12.1 Å². The number of aryl methyl sites for hydroxylation is 1. The van der Waals surface area contributed by atoms with Crippen LogP contribution in [-0.4, -0.2) is 29.7 Å². The van der Waals surface area contributed by atoms with Gasteiger partial charge in [0, 0.05) is 25.6 Å². The van der Waals surface area contributed by atoms with Crippen LogP contribution in [0.1, 0.15) is 24.0 Å². The summed E-state index contributed by atoms with van der Waals surface area (Å²) in [4.78, 5) is 29.5. The molecule has 1 heterocycles. The molecule has 1 amide bonds. The van der Waals surface area contributed by atoms with Gasteiger partial charge in [0.15, 0.2) is 11.5 Å². The maximum atomic E-state index is 12.9. The summed E-state index contributed by atoms with van der Waals surface area (Å²) in [5.74, 6) is 1.74. The Morgan fingerprint density at radius 1 is 0.944 bits per heavy atom. The topological polar surface area (TPSA) is 91.7 Å². The number of nitrogens with one attached hydrogen (secondary N) is 1. The van der Waals surface area contributed by atoms with Gasteiger partial charge in [0.25, 0.3) is 5.56 Å². The normalized spacial score (nSPS) is 10.7. The SMILES string of the molecule is COc1cc2ncn(CCCC(=O)NCc3ccc(COc4ccccc4)cc3)c(=O)c2cc1OC. The molecule has 4 aromatic rings.